The van der Waals surface area contributed by atoms with Crippen molar-refractivity contribution in [2.45, 2.75) is 59.0 Å². The molecule has 0 radical (unpaired) electrons. The van der Waals surface area contributed by atoms with Gasteiger partial charge in [0.15, 0.2) is 5.82 Å². The highest BCUT2D eigenvalue weighted by molar-refractivity contribution is 6.34. The second-order valence-electron chi connectivity index (χ2n) is 13.0. The van der Waals surface area contributed by atoms with Crippen molar-refractivity contribution < 1.29 is 36.2 Å². The van der Waals surface area contributed by atoms with Crippen LogP contribution in [0, 0.1) is 18.8 Å². The fraction of sp³-hybridized carbons (Fsp3) is 0.412. The number of ether oxygens (including phenoxy) is 2. The molecule has 5 rings (SSSR count). The van der Waals surface area contributed by atoms with E-state index in [1.54, 1.807) is 68.8 Å². The smallest absolute Gasteiger partial charge is 0.418 e. The average Bonchev–Trinajstić information content (AvgIpc) is 3.00. The summed E-state index contributed by atoms with van der Waals surface area (Å²) in [5.74, 6) is -0.533. The molecule has 0 spiro atoms. The highest BCUT2D eigenvalue weighted by Gasteiger charge is 2.39. The van der Waals surface area contributed by atoms with E-state index in [1.807, 2.05) is 0 Å². The Hall–Kier alpha value is -4.46. The molecule has 0 bridgehead atoms. The second kappa shape index (κ2) is 13.4. The van der Waals surface area contributed by atoms with E-state index in [4.69, 9.17) is 21.1 Å². The van der Waals surface area contributed by atoms with Gasteiger partial charge < -0.3 is 24.2 Å². The van der Waals surface area contributed by atoms with Crippen molar-refractivity contribution in [2.75, 3.05) is 43.6 Å². The van der Waals surface area contributed by atoms with Gasteiger partial charge in [0.05, 0.1) is 29.0 Å². The van der Waals surface area contributed by atoms with Gasteiger partial charge in [-0.05, 0) is 70.0 Å². The molecule has 0 aliphatic carbocycles. The van der Waals surface area contributed by atoms with Crippen LogP contribution in [-0.4, -0.2) is 71.4 Å². The lowest BCUT2D eigenvalue weighted by Gasteiger charge is -2.41. The summed E-state index contributed by atoms with van der Waals surface area (Å²) >= 11 is 6.61. The number of hydrogen-bond acceptors (Lipinski definition) is 8. The van der Waals surface area contributed by atoms with E-state index in [0.717, 1.165) is 5.56 Å². The Labute approximate surface area is 285 Å². The molecule has 3 heterocycles. The Balaban J connectivity index is 1.58. The molecule has 0 saturated carbocycles. The summed E-state index contributed by atoms with van der Waals surface area (Å²) in [6, 6.07) is 9.17. The number of rotatable bonds is 6. The molecule has 2 aromatic heterocycles. The Morgan fingerprint density at radius 2 is 1.73 bits per heavy atom. The number of fused-ring (bicyclic) bond motifs is 1. The maximum absolute atomic E-state index is 16.6. The molecule has 0 N–H and O–H groups in total. The Bertz CT molecular complexity index is 1880. The number of anilines is 2. The summed E-state index contributed by atoms with van der Waals surface area (Å²) in [6.07, 6.45) is -6.74. The molecule has 262 valence electrons. The summed E-state index contributed by atoms with van der Waals surface area (Å²) < 4.78 is 85.9. The number of piperazine rings is 1. The largest absolute Gasteiger partial charge is 0.497 e. The fourth-order valence-corrected chi connectivity index (χ4v) is 6.11. The zero-order chi connectivity index (χ0) is 36.0. The first kappa shape index (κ1) is 35.8. The van der Waals surface area contributed by atoms with Crippen molar-refractivity contribution in [2.24, 2.45) is 0 Å². The van der Waals surface area contributed by atoms with E-state index in [9.17, 15) is 22.4 Å². The number of halogens is 6. The molecule has 15 heteroatoms. The number of aromatic nitrogens is 3. The molecule has 2 aromatic carbocycles. The summed E-state index contributed by atoms with van der Waals surface area (Å²) in [4.78, 5) is 29.3. The van der Waals surface area contributed by atoms with Crippen molar-refractivity contribution >= 4 is 40.2 Å². The Morgan fingerprint density at radius 1 is 1.06 bits per heavy atom. The van der Waals surface area contributed by atoms with E-state index < -0.39 is 63.2 Å². The highest BCUT2D eigenvalue weighted by Crippen LogP contribution is 2.45. The lowest BCUT2D eigenvalue weighted by Crippen LogP contribution is -2.55. The topological polar surface area (TPSA) is 83.9 Å². The van der Waals surface area contributed by atoms with Gasteiger partial charge in [0.2, 0.25) is 0 Å². The van der Waals surface area contributed by atoms with Crippen molar-refractivity contribution in [1.29, 1.82) is 0 Å². The predicted molar refractivity (Wildman–Crippen MR) is 177 cm³/mol. The average molecular weight is 707 g/mol. The molecule has 1 saturated heterocycles. The maximum atomic E-state index is 16.6. The van der Waals surface area contributed by atoms with Crippen LogP contribution in [0.4, 0.5) is 38.4 Å². The maximum Gasteiger partial charge on any atom is 0.418 e. The van der Waals surface area contributed by atoms with E-state index >= 15 is 4.39 Å². The van der Waals surface area contributed by atoms with Gasteiger partial charge in [0.1, 0.15) is 28.5 Å². The van der Waals surface area contributed by atoms with Crippen molar-refractivity contribution in [1.82, 2.24) is 19.9 Å². The van der Waals surface area contributed by atoms with Gasteiger partial charge >= 0.3 is 18.3 Å². The zero-order valence-electron chi connectivity index (χ0n) is 28.0. The van der Waals surface area contributed by atoms with Crippen LogP contribution < -0.4 is 14.5 Å². The number of carbonyl (C=O) groups is 1. The summed E-state index contributed by atoms with van der Waals surface area (Å²) in [6.45, 7) is 9.08. The Morgan fingerprint density at radius 3 is 2.33 bits per heavy atom. The molecule has 1 atom stereocenters. The number of alkyl halides is 3. The lowest BCUT2D eigenvalue weighted by molar-refractivity contribution is -0.137. The van der Waals surface area contributed by atoms with Crippen LogP contribution in [0.25, 0.3) is 22.2 Å². The second-order valence-corrected chi connectivity index (χ2v) is 13.4. The first-order valence-corrected chi connectivity index (χ1v) is 15.8. The first-order valence-electron chi connectivity index (χ1n) is 15.4. The molecule has 9 nitrogen and oxygen atoms in total. The minimum Gasteiger partial charge on any atom is -0.497 e. The van der Waals surface area contributed by atoms with E-state index in [1.165, 1.54) is 31.1 Å². The third-order valence-electron chi connectivity index (χ3n) is 8.08. The van der Waals surface area contributed by atoms with Gasteiger partial charge in [0.25, 0.3) is 0 Å². The van der Waals surface area contributed by atoms with Crippen molar-refractivity contribution in [3.63, 3.8) is 0 Å². The Kier molecular flexibility index (Phi) is 9.84. The molecule has 49 heavy (non-hydrogen) atoms. The first-order chi connectivity index (χ1) is 22.9. The van der Waals surface area contributed by atoms with Crippen molar-refractivity contribution in [3.8, 4) is 17.0 Å². The van der Waals surface area contributed by atoms with Crippen LogP contribution in [0.2, 0.25) is 5.02 Å². The van der Waals surface area contributed by atoms with Crippen LogP contribution >= 0.6 is 11.6 Å². The molecule has 1 aliphatic heterocycles. The van der Waals surface area contributed by atoms with Crippen LogP contribution in [0.3, 0.4) is 0 Å². The van der Waals surface area contributed by atoms with Gasteiger partial charge in [-0.15, -0.1) is 0 Å². The minimum absolute atomic E-state index is 0.0109. The third-order valence-corrected chi connectivity index (χ3v) is 8.38. The van der Waals surface area contributed by atoms with Gasteiger partial charge in [-0.25, -0.2) is 14.2 Å². The number of nitrogens with zero attached hydrogens (tertiary/aromatic N) is 6. The summed E-state index contributed by atoms with van der Waals surface area (Å²) in [5, 5.41) is -0.405. The zero-order valence-corrected chi connectivity index (χ0v) is 28.8. The molecule has 0 unspecified atom stereocenters. The fourth-order valence-electron chi connectivity index (χ4n) is 5.83. The highest BCUT2D eigenvalue weighted by atomic mass is 35.5. The number of pyridine rings is 1. The van der Waals surface area contributed by atoms with Gasteiger partial charge in [0, 0.05) is 44.7 Å². The van der Waals surface area contributed by atoms with Gasteiger partial charge in [-0.1, -0.05) is 23.7 Å². The minimum atomic E-state index is -4.93. The molecule has 1 amide bonds. The van der Waals surface area contributed by atoms with Crippen molar-refractivity contribution in [3.05, 3.63) is 70.0 Å². The quantitative estimate of drug-likeness (QED) is 0.147. The molecule has 1 fully saturated rings. The monoisotopic (exact) mass is 706 g/mol. The third kappa shape index (κ3) is 7.58. The number of carbonyl (C=O) groups excluding carboxylic acids is 1. The van der Waals surface area contributed by atoms with Crippen LogP contribution in [0.1, 0.15) is 44.4 Å². The van der Waals surface area contributed by atoms with Crippen LogP contribution in [0.5, 0.6) is 5.75 Å². The normalized spacial score (nSPS) is 15.5. The number of hydrogen-bond donors (Lipinski definition) is 0. The number of aryl methyl sites for hydroxylation is 1. The van der Waals surface area contributed by atoms with E-state index in [2.05, 4.69) is 15.0 Å². The number of methoxy groups -OCH3 is 1. The van der Waals surface area contributed by atoms with E-state index in [-0.39, 0.29) is 48.8 Å². The number of benzene rings is 2. The lowest BCUT2D eigenvalue weighted by atomic mass is 9.98. The molecular formula is C34H36ClF5N6O3. The molecular weight excluding hydrogens is 671 g/mol. The van der Waals surface area contributed by atoms with Crippen LogP contribution in [0.15, 0.2) is 36.4 Å². The SMILES string of the molecule is COc1ccc(CN(C)c2cc(C)c(C(F)(F)F)c(-c3c(Cl)cc4c(N5CCN(C(=O)OC(C)(C)C)C[C@@H]5C)nc(F)nc4c3F)n2)cc1. The predicted octanol–water partition coefficient (Wildman–Crippen LogP) is 8.04. The van der Waals surface area contributed by atoms with Gasteiger partial charge in [-0.2, -0.15) is 27.5 Å². The summed E-state index contributed by atoms with van der Waals surface area (Å²) in [7, 11) is 3.17. The molecule has 4 aromatic rings. The molecule has 1 aliphatic rings. The van der Waals surface area contributed by atoms with Gasteiger partial charge in [-0.3, -0.25) is 0 Å². The standard InChI is InChI=1S/C34H36ClF5N6O3/c1-18-14-24(44(6)17-20-8-10-21(48-7)11-9-20)41-29(26(18)34(38,39)40)25-23(35)15-22-28(27(25)36)42-31(37)43-30(22)46-13-12-45(16-19(46)2)32(47)49-33(3,4)5/h8-11,14-15,19H,12-13,16-17H2,1-7H3/t19-/m0/s1. The summed E-state index contributed by atoms with van der Waals surface area (Å²) in [5.41, 5.74) is -3.27. The van der Waals surface area contributed by atoms with E-state index in [0.29, 0.717) is 5.75 Å². The number of amides is 1. The van der Waals surface area contributed by atoms with Crippen LogP contribution in [-0.2, 0) is 17.5 Å².